The molecular formula is C24H16FNO4. The van der Waals surface area contributed by atoms with Crippen LogP contribution in [-0.4, -0.2) is 17.8 Å². The quantitative estimate of drug-likeness (QED) is 0.361. The number of esters is 2. The molecule has 0 atom stereocenters. The van der Waals surface area contributed by atoms with Crippen LogP contribution in [0.5, 0.6) is 5.75 Å². The second-order valence-electron chi connectivity index (χ2n) is 6.59. The van der Waals surface area contributed by atoms with E-state index in [2.05, 4.69) is 4.99 Å². The van der Waals surface area contributed by atoms with Crippen LogP contribution in [0.1, 0.15) is 27.0 Å². The fraction of sp³-hybridized carbons (Fsp3) is 0.0417. The molecular weight excluding hydrogens is 385 g/mol. The van der Waals surface area contributed by atoms with Crippen molar-refractivity contribution in [1.82, 2.24) is 0 Å². The van der Waals surface area contributed by atoms with Crippen molar-refractivity contribution in [2.45, 2.75) is 6.92 Å². The van der Waals surface area contributed by atoms with E-state index >= 15 is 0 Å². The molecule has 0 amide bonds. The van der Waals surface area contributed by atoms with Crippen molar-refractivity contribution in [3.8, 4) is 5.75 Å². The average Bonchev–Trinajstić information content (AvgIpc) is 3.10. The summed E-state index contributed by atoms with van der Waals surface area (Å²) in [5.74, 6) is -1.46. The second kappa shape index (κ2) is 8.13. The molecule has 0 unspecified atom stereocenters. The highest BCUT2D eigenvalue weighted by Gasteiger charge is 2.25. The topological polar surface area (TPSA) is 65.0 Å². The largest absolute Gasteiger partial charge is 0.423 e. The van der Waals surface area contributed by atoms with Gasteiger partial charge in [-0.3, -0.25) is 0 Å². The van der Waals surface area contributed by atoms with Gasteiger partial charge in [-0.05, 0) is 54.5 Å². The SMILES string of the molecule is Cc1ccccc1C1=NC(=Cc2ccc(OC(=O)c3ccccc3F)cc2)C(=O)O1. The van der Waals surface area contributed by atoms with Gasteiger partial charge in [-0.15, -0.1) is 0 Å². The van der Waals surface area contributed by atoms with Crippen molar-refractivity contribution in [2.75, 3.05) is 0 Å². The van der Waals surface area contributed by atoms with Gasteiger partial charge < -0.3 is 9.47 Å². The number of carbonyl (C=O) groups is 2. The Balaban J connectivity index is 1.51. The van der Waals surface area contributed by atoms with E-state index in [1.165, 1.54) is 18.2 Å². The van der Waals surface area contributed by atoms with Gasteiger partial charge in [0.05, 0.1) is 5.56 Å². The molecule has 0 aliphatic carbocycles. The molecule has 1 heterocycles. The van der Waals surface area contributed by atoms with Crippen LogP contribution in [0.2, 0.25) is 0 Å². The van der Waals surface area contributed by atoms with Gasteiger partial charge in [0.1, 0.15) is 11.6 Å². The summed E-state index contributed by atoms with van der Waals surface area (Å²) in [4.78, 5) is 28.5. The van der Waals surface area contributed by atoms with E-state index in [-0.39, 0.29) is 22.9 Å². The lowest BCUT2D eigenvalue weighted by Crippen LogP contribution is -2.10. The first kappa shape index (κ1) is 19.3. The van der Waals surface area contributed by atoms with Crippen LogP contribution in [-0.2, 0) is 9.53 Å². The van der Waals surface area contributed by atoms with Crippen molar-refractivity contribution >= 4 is 23.9 Å². The Labute approximate surface area is 172 Å². The Morgan fingerprint density at radius 2 is 1.70 bits per heavy atom. The zero-order chi connectivity index (χ0) is 21.1. The van der Waals surface area contributed by atoms with Crippen LogP contribution in [0, 0.1) is 12.7 Å². The molecule has 148 valence electrons. The number of rotatable bonds is 4. The minimum atomic E-state index is -0.786. The van der Waals surface area contributed by atoms with Crippen LogP contribution in [0.4, 0.5) is 4.39 Å². The molecule has 0 aromatic heterocycles. The Morgan fingerprint density at radius 1 is 1.00 bits per heavy atom. The first-order valence-corrected chi connectivity index (χ1v) is 9.16. The normalized spacial score (nSPS) is 14.4. The van der Waals surface area contributed by atoms with E-state index in [1.54, 1.807) is 36.4 Å². The molecule has 1 aliphatic rings. The molecule has 0 radical (unpaired) electrons. The summed E-state index contributed by atoms with van der Waals surface area (Å²) in [6, 6.07) is 19.5. The van der Waals surface area contributed by atoms with Crippen LogP contribution < -0.4 is 4.74 Å². The summed E-state index contributed by atoms with van der Waals surface area (Å²) in [6.45, 7) is 1.91. The van der Waals surface area contributed by atoms with Gasteiger partial charge >= 0.3 is 11.9 Å². The lowest BCUT2D eigenvalue weighted by atomic mass is 10.1. The minimum absolute atomic E-state index is 0.143. The summed E-state index contributed by atoms with van der Waals surface area (Å²) >= 11 is 0. The highest BCUT2D eigenvalue weighted by molar-refractivity contribution is 6.13. The van der Waals surface area contributed by atoms with Gasteiger partial charge in [0.2, 0.25) is 5.90 Å². The Morgan fingerprint density at radius 3 is 2.43 bits per heavy atom. The Kier molecular flexibility index (Phi) is 5.22. The molecule has 3 aromatic rings. The maximum absolute atomic E-state index is 13.7. The van der Waals surface area contributed by atoms with Gasteiger partial charge in [0.15, 0.2) is 5.70 Å². The summed E-state index contributed by atoms with van der Waals surface area (Å²) < 4.78 is 24.2. The van der Waals surface area contributed by atoms with Gasteiger partial charge in [-0.1, -0.05) is 42.5 Å². The summed E-state index contributed by atoms with van der Waals surface area (Å²) in [7, 11) is 0. The van der Waals surface area contributed by atoms with E-state index in [1.807, 2.05) is 31.2 Å². The zero-order valence-electron chi connectivity index (χ0n) is 16.0. The third kappa shape index (κ3) is 4.03. The van der Waals surface area contributed by atoms with Gasteiger partial charge in [0.25, 0.3) is 0 Å². The second-order valence-corrected chi connectivity index (χ2v) is 6.59. The number of halogens is 1. The van der Waals surface area contributed by atoms with E-state index < -0.39 is 17.8 Å². The predicted octanol–water partition coefficient (Wildman–Crippen LogP) is 4.70. The summed E-state index contributed by atoms with van der Waals surface area (Å²) in [5.41, 5.74) is 2.40. The van der Waals surface area contributed by atoms with Crippen molar-refractivity contribution in [1.29, 1.82) is 0 Å². The van der Waals surface area contributed by atoms with E-state index in [9.17, 15) is 14.0 Å². The molecule has 0 saturated carbocycles. The van der Waals surface area contributed by atoms with Crippen molar-refractivity contribution in [3.63, 3.8) is 0 Å². The maximum Gasteiger partial charge on any atom is 0.363 e. The predicted molar refractivity (Wildman–Crippen MR) is 110 cm³/mol. The summed E-state index contributed by atoms with van der Waals surface area (Å²) in [5, 5.41) is 0. The number of aliphatic imine (C=N–C) groups is 1. The van der Waals surface area contributed by atoms with Gasteiger partial charge in [-0.25, -0.2) is 19.0 Å². The molecule has 1 aliphatic heterocycles. The number of hydrogen-bond donors (Lipinski definition) is 0. The number of cyclic esters (lactones) is 1. The monoisotopic (exact) mass is 401 g/mol. The smallest absolute Gasteiger partial charge is 0.363 e. The van der Waals surface area contributed by atoms with Crippen molar-refractivity contribution < 1.29 is 23.5 Å². The molecule has 0 bridgehead atoms. The molecule has 4 rings (SSSR count). The lowest BCUT2D eigenvalue weighted by Gasteiger charge is -2.05. The van der Waals surface area contributed by atoms with Gasteiger partial charge in [0, 0.05) is 5.56 Å². The number of hydrogen-bond acceptors (Lipinski definition) is 5. The number of carbonyl (C=O) groups excluding carboxylic acids is 2. The van der Waals surface area contributed by atoms with E-state index in [0.717, 1.165) is 11.1 Å². The highest BCUT2D eigenvalue weighted by atomic mass is 19.1. The molecule has 5 nitrogen and oxygen atoms in total. The maximum atomic E-state index is 13.7. The zero-order valence-corrected chi connectivity index (χ0v) is 16.0. The standard InChI is InChI=1S/C24H16FNO4/c1-15-6-2-3-7-18(15)22-26-21(24(28)30-22)14-16-10-12-17(13-11-16)29-23(27)19-8-4-5-9-20(19)25/h2-14H,1H3. The Bertz CT molecular complexity index is 1200. The van der Waals surface area contributed by atoms with Crippen LogP contribution in [0.3, 0.4) is 0 Å². The average molecular weight is 401 g/mol. The Hall–Kier alpha value is -4.06. The van der Waals surface area contributed by atoms with Gasteiger partial charge in [-0.2, -0.15) is 0 Å². The summed E-state index contributed by atoms with van der Waals surface area (Å²) in [6.07, 6.45) is 1.58. The third-order valence-corrected chi connectivity index (χ3v) is 4.48. The van der Waals surface area contributed by atoms with Crippen LogP contribution in [0.25, 0.3) is 6.08 Å². The lowest BCUT2D eigenvalue weighted by molar-refractivity contribution is -0.129. The molecule has 6 heteroatoms. The molecule has 0 N–H and O–H groups in total. The number of benzene rings is 3. The van der Waals surface area contributed by atoms with Crippen molar-refractivity contribution in [3.05, 3.63) is 107 Å². The first-order chi connectivity index (χ1) is 14.5. The van der Waals surface area contributed by atoms with Crippen LogP contribution in [0.15, 0.2) is 83.5 Å². The molecule has 30 heavy (non-hydrogen) atoms. The van der Waals surface area contributed by atoms with Crippen molar-refractivity contribution in [2.24, 2.45) is 4.99 Å². The number of aryl methyl sites for hydroxylation is 1. The van der Waals surface area contributed by atoms with E-state index in [4.69, 9.17) is 9.47 Å². The number of nitrogens with zero attached hydrogens (tertiary/aromatic N) is 1. The molecule has 0 spiro atoms. The minimum Gasteiger partial charge on any atom is -0.423 e. The molecule has 0 saturated heterocycles. The number of ether oxygens (including phenoxy) is 2. The third-order valence-electron chi connectivity index (χ3n) is 4.48. The first-order valence-electron chi connectivity index (χ1n) is 9.16. The fourth-order valence-electron chi connectivity index (χ4n) is 2.92. The highest BCUT2D eigenvalue weighted by Crippen LogP contribution is 2.22. The van der Waals surface area contributed by atoms with E-state index in [0.29, 0.717) is 5.56 Å². The molecule has 0 fully saturated rings. The van der Waals surface area contributed by atoms with Crippen LogP contribution >= 0.6 is 0 Å². The molecule has 3 aromatic carbocycles. The fourth-order valence-corrected chi connectivity index (χ4v) is 2.92.